The second-order valence-corrected chi connectivity index (χ2v) is 3.39. The van der Waals surface area contributed by atoms with Crippen molar-refractivity contribution < 1.29 is 14.3 Å². The van der Waals surface area contributed by atoms with Gasteiger partial charge < -0.3 is 15.3 Å². The van der Waals surface area contributed by atoms with Gasteiger partial charge in [-0.2, -0.15) is 0 Å². The van der Waals surface area contributed by atoms with Gasteiger partial charge in [-0.25, -0.2) is 4.79 Å². The molecular formula is C12H15NO3. The van der Waals surface area contributed by atoms with Crippen molar-refractivity contribution in [2.24, 2.45) is 0 Å². The maximum absolute atomic E-state index is 11.5. The van der Waals surface area contributed by atoms with E-state index in [1.807, 2.05) is 0 Å². The number of carbonyl (C=O) groups is 2. The number of esters is 1. The van der Waals surface area contributed by atoms with E-state index in [1.54, 1.807) is 25.1 Å². The summed E-state index contributed by atoms with van der Waals surface area (Å²) >= 11 is 0. The van der Waals surface area contributed by atoms with Gasteiger partial charge in [-0.15, -0.1) is 0 Å². The minimum atomic E-state index is -0.387. The largest absolute Gasteiger partial charge is 0.462 e. The van der Waals surface area contributed by atoms with Crippen molar-refractivity contribution in [1.82, 2.24) is 0 Å². The van der Waals surface area contributed by atoms with Gasteiger partial charge in [0.2, 0.25) is 0 Å². The molecule has 0 radical (unpaired) electrons. The first-order chi connectivity index (χ1) is 7.67. The summed E-state index contributed by atoms with van der Waals surface area (Å²) in [5.74, 6) is -0.387. The lowest BCUT2D eigenvalue weighted by molar-refractivity contribution is -0.107. The Kier molecular flexibility index (Phi) is 4.51. The van der Waals surface area contributed by atoms with E-state index in [-0.39, 0.29) is 5.97 Å². The molecule has 0 bridgehead atoms. The van der Waals surface area contributed by atoms with Crippen LogP contribution in [-0.4, -0.2) is 18.9 Å². The van der Waals surface area contributed by atoms with Crippen molar-refractivity contribution in [3.8, 4) is 0 Å². The summed E-state index contributed by atoms with van der Waals surface area (Å²) in [4.78, 5) is 21.7. The van der Waals surface area contributed by atoms with Gasteiger partial charge in [0.1, 0.15) is 6.29 Å². The number of hydrogen-bond donors (Lipinski definition) is 1. The third-order valence-corrected chi connectivity index (χ3v) is 2.08. The maximum atomic E-state index is 11.5. The fourth-order valence-electron chi connectivity index (χ4n) is 1.42. The van der Waals surface area contributed by atoms with Crippen LogP contribution >= 0.6 is 0 Å². The van der Waals surface area contributed by atoms with E-state index >= 15 is 0 Å². The van der Waals surface area contributed by atoms with Gasteiger partial charge in [-0.05, 0) is 37.1 Å². The number of ether oxygens (including phenoxy) is 1. The number of nitrogen functional groups attached to an aromatic ring is 1. The third-order valence-electron chi connectivity index (χ3n) is 2.08. The second kappa shape index (κ2) is 5.90. The van der Waals surface area contributed by atoms with E-state index in [0.29, 0.717) is 30.7 Å². The highest BCUT2D eigenvalue weighted by Crippen LogP contribution is 2.14. The topological polar surface area (TPSA) is 69.4 Å². The Morgan fingerprint density at radius 2 is 2.19 bits per heavy atom. The molecule has 2 N–H and O–H groups in total. The monoisotopic (exact) mass is 221 g/mol. The molecule has 0 aliphatic rings. The summed E-state index contributed by atoms with van der Waals surface area (Å²) in [5.41, 5.74) is 7.48. The van der Waals surface area contributed by atoms with E-state index in [1.165, 1.54) is 0 Å². The van der Waals surface area contributed by atoms with Crippen LogP contribution in [0.4, 0.5) is 5.69 Å². The molecule has 4 heteroatoms. The van der Waals surface area contributed by atoms with Crippen LogP contribution in [0.15, 0.2) is 18.2 Å². The van der Waals surface area contributed by atoms with Crippen molar-refractivity contribution in [1.29, 1.82) is 0 Å². The average Bonchev–Trinajstić information content (AvgIpc) is 2.26. The number of nitrogens with two attached hydrogens (primary N) is 1. The first-order valence-corrected chi connectivity index (χ1v) is 5.17. The molecule has 0 aliphatic heterocycles. The molecule has 0 saturated heterocycles. The molecule has 0 heterocycles. The quantitative estimate of drug-likeness (QED) is 0.465. The molecule has 4 nitrogen and oxygen atoms in total. The van der Waals surface area contributed by atoms with Crippen molar-refractivity contribution in [2.75, 3.05) is 12.3 Å². The molecule has 0 unspecified atom stereocenters. The number of aldehydes is 1. The smallest absolute Gasteiger partial charge is 0.338 e. The number of hydrogen-bond acceptors (Lipinski definition) is 4. The molecule has 16 heavy (non-hydrogen) atoms. The van der Waals surface area contributed by atoms with Crippen LogP contribution in [0, 0.1) is 0 Å². The molecule has 1 aromatic rings. The van der Waals surface area contributed by atoms with Crippen LogP contribution in [0.3, 0.4) is 0 Å². The van der Waals surface area contributed by atoms with Gasteiger partial charge in [0.25, 0.3) is 0 Å². The molecule has 0 saturated carbocycles. The molecule has 0 aromatic heterocycles. The molecule has 0 fully saturated rings. The molecule has 1 rings (SSSR count). The Balaban J connectivity index is 2.88. The van der Waals surface area contributed by atoms with E-state index < -0.39 is 0 Å². The lowest BCUT2D eigenvalue weighted by Crippen LogP contribution is -2.06. The second-order valence-electron chi connectivity index (χ2n) is 3.39. The van der Waals surface area contributed by atoms with Crippen LogP contribution in [0.2, 0.25) is 0 Å². The fraction of sp³-hybridized carbons (Fsp3) is 0.333. The summed E-state index contributed by atoms with van der Waals surface area (Å²) in [6.45, 7) is 2.08. The Hall–Kier alpha value is -1.84. The summed E-state index contributed by atoms with van der Waals surface area (Å²) < 4.78 is 4.88. The zero-order chi connectivity index (χ0) is 12.0. The van der Waals surface area contributed by atoms with Gasteiger partial charge in [-0.3, -0.25) is 0 Å². The van der Waals surface area contributed by atoms with Gasteiger partial charge >= 0.3 is 5.97 Å². The normalized spacial score (nSPS) is 9.81. The zero-order valence-corrected chi connectivity index (χ0v) is 9.23. The summed E-state index contributed by atoms with van der Waals surface area (Å²) in [5, 5.41) is 0. The fourth-order valence-corrected chi connectivity index (χ4v) is 1.42. The van der Waals surface area contributed by atoms with E-state index in [0.717, 1.165) is 11.8 Å². The summed E-state index contributed by atoms with van der Waals surface area (Å²) in [6.07, 6.45) is 1.85. The number of rotatable bonds is 5. The van der Waals surface area contributed by atoms with Crippen LogP contribution in [0.25, 0.3) is 0 Å². The first-order valence-electron chi connectivity index (χ1n) is 5.17. The van der Waals surface area contributed by atoms with Crippen LogP contribution in [0.5, 0.6) is 0 Å². The predicted molar refractivity (Wildman–Crippen MR) is 61.2 cm³/mol. The number of aryl methyl sites for hydroxylation is 1. The molecule has 0 atom stereocenters. The van der Waals surface area contributed by atoms with E-state index in [9.17, 15) is 9.59 Å². The highest BCUT2D eigenvalue weighted by Gasteiger charge is 2.08. The average molecular weight is 221 g/mol. The summed E-state index contributed by atoms with van der Waals surface area (Å²) in [7, 11) is 0. The lowest BCUT2D eigenvalue weighted by Gasteiger charge is -2.06. The first kappa shape index (κ1) is 12.2. The number of anilines is 1. The Bertz CT molecular complexity index is 388. The van der Waals surface area contributed by atoms with Crippen LogP contribution in [0.1, 0.15) is 29.3 Å². The SMILES string of the molecule is CCOC(=O)c1cc(N)cc(CCC=O)c1. The highest BCUT2D eigenvalue weighted by molar-refractivity contribution is 5.90. The van der Waals surface area contributed by atoms with Crippen molar-refractivity contribution >= 4 is 17.9 Å². The van der Waals surface area contributed by atoms with Crippen LogP contribution < -0.4 is 5.73 Å². The molecule has 1 aromatic carbocycles. The molecular weight excluding hydrogens is 206 g/mol. The van der Waals surface area contributed by atoms with Crippen molar-refractivity contribution in [2.45, 2.75) is 19.8 Å². The van der Waals surface area contributed by atoms with E-state index in [4.69, 9.17) is 10.5 Å². The highest BCUT2D eigenvalue weighted by atomic mass is 16.5. The Labute approximate surface area is 94.4 Å². The minimum Gasteiger partial charge on any atom is -0.462 e. The van der Waals surface area contributed by atoms with Crippen molar-refractivity contribution in [3.05, 3.63) is 29.3 Å². The minimum absolute atomic E-state index is 0.331. The number of carbonyl (C=O) groups excluding carboxylic acids is 2. The van der Waals surface area contributed by atoms with E-state index in [2.05, 4.69) is 0 Å². The molecule has 0 aliphatic carbocycles. The Morgan fingerprint density at radius 1 is 1.44 bits per heavy atom. The molecule has 86 valence electrons. The van der Waals surface area contributed by atoms with Crippen LogP contribution in [-0.2, 0) is 16.0 Å². The summed E-state index contributed by atoms with van der Waals surface area (Å²) in [6, 6.07) is 5.03. The van der Waals surface area contributed by atoms with Gasteiger partial charge in [0.15, 0.2) is 0 Å². The van der Waals surface area contributed by atoms with Gasteiger partial charge in [-0.1, -0.05) is 0 Å². The Morgan fingerprint density at radius 3 is 2.81 bits per heavy atom. The molecule has 0 amide bonds. The number of benzene rings is 1. The maximum Gasteiger partial charge on any atom is 0.338 e. The van der Waals surface area contributed by atoms with Gasteiger partial charge in [0, 0.05) is 12.1 Å². The molecule has 0 spiro atoms. The third kappa shape index (κ3) is 3.38. The lowest BCUT2D eigenvalue weighted by atomic mass is 10.1. The van der Waals surface area contributed by atoms with Crippen molar-refractivity contribution in [3.63, 3.8) is 0 Å². The standard InChI is InChI=1S/C12H15NO3/c1-2-16-12(15)10-6-9(4-3-5-14)7-11(13)8-10/h5-8H,2-4,13H2,1H3. The zero-order valence-electron chi connectivity index (χ0n) is 9.23. The predicted octanol–water partition coefficient (Wildman–Crippen LogP) is 1.58. The van der Waals surface area contributed by atoms with Gasteiger partial charge in [0.05, 0.1) is 12.2 Å².